The van der Waals surface area contributed by atoms with Gasteiger partial charge < -0.3 is 10.0 Å². The molecule has 1 heterocycles. The Morgan fingerprint density at radius 2 is 2.10 bits per heavy atom. The molecule has 2 atom stereocenters. The number of aliphatic hydroxyl groups excluding tert-OH is 1. The van der Waals surface area contributed by atoms with Crippen molar-refractivity contribution in [2.75, 3.05) is 39.8 Å². The van der Waals surface area contributed by atoms with Gasteiger partial charge in [0.2, 0.25) is 0 Å². The molecule has 0 amide bonds. The Kier molecular flexibility index (Phi) is 5.85. The van der Waals surface area contributed by atoms with Crippen molar-refractivity contribution in [1.82, 2.24) is 9.80 Å². The quantitative estimate of drug-likeness (QED) is 0.873. The van der Waals surface area contributed by atoms with Crippen LogP contribution in [0.25, 0.3) is 0 Å². The van der Waals surface area contributed by atoms with Crippen LogP contribution in [0.1, 0.15) is 12.5 Å². The summed E-state index contributed by atoms with van der Waals surface area (Å²) in [4.78, 5) is 4.76. The van der Waals surface area contributed by atoms with Gasteiger partial charge in [-0.15, -0.1) is 0 Å². The number of nitrogens with zero attached hydrogens (tertiary/aromatic N) is 2. The number of benzene rings is 1. The van der Waals surface area contributed by atoms with Gasteiger partial charge in [0.15, 0.2) is 0 Å². The molecule has 1 aliphatic heterocycles. The fourth-order valence-corrected chi connectivity index (χ4v) is 3.21. The smallest absolute Gasteiger partial charge is 0.0475 e. The van der Waals surface area contributed by atoms with Gasteiger partial charge in [0.05, 0.1) is 0 Å². The van der Waals surface area contributed by atoms with E-state index in [0.717, 1.165) is 37.7 Å². The molecule has 0 bridgehead atoms. The molecule has 0 radical (unpaired) electrons. The van der Waals surface area contributed by atoms with Crippen LogP contribution in [0.2, 0.25) is 5.02 Å². The molecule has 2 rings (SSSR count). The molecule has 1 N–H and O–H groups in total. The van der Waals surface area contributed by atoms with E-state index in [1.165, 1.54) is 5.56 Å². The van der Waals surface area contributed by atoms with Gasteiger partial charge >= 0.3 is 0 Å². The number of rotatable bonds is 6. The largest absolute Gasteiger partial charge is 0.396 e. The van der Waals surface area contributed by atoms with Gasteiger partial charge in [-0.25, -0.2) is 0 Å². The number of hydrogen-bond donors (Lipinski definition) is 1. The SMILES string of the molecule is CCN(C)C[C@@H]1CN(Cc2cccc(Cl)c2)C[C@@H]1CO. The van der Waals surface area contributed by atoms with E-state index in [1.54, 1.807) is 0 Å². The third-order valence-electron chi connectivity index (χ3n) is 4.27. The van der Waals surface area contributed by atoms with E-state index in [9.17, 15) is 5.11 Å². The lowest BCUT2D eigenvalue weighted by atomic mass is 9.96. The van der Waals surface area contributed by atoms with Crippen LogP contribution in [0.4, 0.5) is 0 Å². The Balaban J connectivity index is 1.94. The highest BCUT2D eigenvalue weighted by Crippen LogP contribution is 2.25. The predicted octanol–water partition coefficient (Wildman–Crippen LogP) is 2.33. The second kappa shape index (κ2) is 7.41. The van der Waals surface area contributed by atoms with Crippen LogP contribution in [-0.2, 0) is 6.54 Å². The van der Waals surface area contributed by atoms with Gasteiger partial charge in [0.1, 0.15) is 0 Å². The third-order valence-corrected chi connectivity index (χ3v) is 4.50. The molecule has 112 valence electrons. The molecule has 0 aliphatic carbocycles. The number of aliphatic hydroxyl groups is 1. The van der Waals surface area contributed by atoms with Crippen molar-refractivity contribution < 1.29 is 5.11 Å². The molecule has 1 aliphatic rings. The Morgan fingerprint density at radius 3 is 2.75 bits per heavy atom. The van der Waals surface area contributed by atoms with E-state index >= 15 is 0 Å². The highest BCUT2D eigenvalue weighted by molar-refractivity contribution is 6.30. The van der Waals surface area contributed by atoms with E-state index in [1.807, 2.05) is 18.2 Å². The molecular formula is C16H25ClN2O. The minimum Gasteiger partial charge on any atom is -0.396 e. The Labute approximate surface area is 127 Å². The number of likely N-dealkylation sites (tertiary alicyclic amines) is 1. The number of hydrogen-bond acceptors (Lipinski definition) is 3. The van der Waals surface area contributed by atoms with E-state index in [4.69, 9.17) is 11.6 Å². The summed E-state index contributed by atoms with van der Waals surface area (Å²) in [6.45, 7) is 7.54. The van der Waals surface area contributed by atoms with E-state index < -0.39 is 0 Å². The lowest BCUT2D eigenvalue weighted by Crippen LogP contribution is -2.31. The first-order valence-electron chi connectivity index (χ1n) is 7.38. The lowest BCUT2D eigenvalue weighted by molar-refractivity contribution is 0.177. The van der Waals surface area contributed by atoms with Gasteiger partial charge in [0, 0.05) is 37.8 Å². The van der Waals surface area contributed by atoms with Crippen molar-refractivity contribution in [3.8, 4) is 0 Å². The normalized spacial score (nSPS) is 23.6. The molecule has 20 heavy (non-hydrogen) atoms. The van der Waals surface area contributed by atoms with Gasteiger partial charge in [-0.2, -0.15) is 0 Å². The van der Waals surface area contributed by atoms with Gasteiger partial charge in [-0.05, 0) is 43.1 Å². The average Bonchev–Trinajstić information content (AvgIpc) is 2.80. The maximum absolute atomic E-state index is 9.58. The average molecular weight is 297 g/mol. The Hall–Kier alpha value is -0.610. The molecule has 0 saturated carbocycles. The van der Waals surface area contributed by atoms with E-state index in [0.29, 0.717) is 11.8 Å². The maximum atomic E-state index is 9.58. The molecular weight excluding hydrogens is 272 g/mol. The first-order valence-corrected chi connectivity index (χ1v) is 7.76. The van der Waals surface area contributed by atoms with Crippen LogP contribution in [-0.4, -0.2) is 54.7 Å². The molecule has 1 fully saturated rings. The zero-order valence-corrected chi connectivity index (χ0v) is 13.2. The van der Waals surface area contributed by atoms with Crippen LogP contribution in [0, 0.1) is 11.8 Å². The molecule has 1 aromatic rings. The van der Waals surface area contributed by atoms with Crippen molar-refractivity contribution in [3.63, 3.8) is 0 Å². The van der Waals surface area contributed by atoms with E-state index in [-0.39, 0.29) is 6.61 Å². The van der Waals surface area contributed by atoms with Gasteiger partial charge in [0.25, 0.3) is 0 Å². The summed E-state index contributed by atoms with van der Waals surface area (Å²) in [7, 11) is 2.15. The lowest BCUT2D eigenvalue weighted by Gasteiger charge is -2.22. The minimum absolute atomic E-state index is 0.286. The summed E-state index contributed by atoms with van der Waals surface area (Å²) in [5.41, 5.74) is 1.25. The predicted molar refractivity (Wildman–Crippen MR) is 84.0 cm³/mol. The van der Waals surface area contributed by atoms with Gasteiger partial charge in [-0.1, -0.05) is 30.7 Å². The zero-order valence-electron chi connectivity index (χ0n) is 12.4. The van der Waals surface area contributed by atoms with Crippen LogP contribution in [0.3, 0.4) is 0 Å². The fraction of sp³-hybridized carbons (Fsp3) is 0.625. The first-order chi connectivity index (χ1) is 9.62. The second-order valence-electron chi connectivity index (χ2n) is 5.88. The molecule has 0 spiro atoms. The van der Waals surface area contributed by atoms with Crippen molar-refractivity contribution in [1.29, 1.82) is 0 Å². The maximum Gasteiger partial charge on any atom is 0.0475 e. The zero-order chi connectivity index (χ0) is 14.5. The minimum atomic E-state index is 0.286. The summed E-state index contributed by atoms with van der Waals surface area (Å²) in [6, 6.07) is 8.05. The fourth-order valence-electron chi connectivity index (χ4n) is 3.00. The Bertz CT molecular complexity index is 427. The van der Waals surface area contributed by atoms with Crippen LogP contribution in [0.15, 0.2) is 24.3 Å². The van der Waals surface area contributed by atoms with Crippen LogP contribution >= 0.6 is 11.6 Å². The van der Waals surface area contributed by atoms with Crippen molar-refractivity contribution >= 4 is 11.6 Å². The number of halogens is 1. The Morgan fingerprint density at radius 1 is 1.35 bits per heavy atom. The highest BCUT2D eigenvalue weighted by Gasteiger charge is 2.32. The molecule has 0 unspecified atom stereocenters. The van der Waals surface area contributed by atoms with Crippen LogP contribution < -0.4 is 0 Å². The van der Waals surface area contributed by atoms with Crippen molar-refractivity contribution in [2.45, 2.75) is 13.5 Å². The summed E-state index contributed by atoms with van der Waals surface area (Å²) in [5, 5.41) is 10.4. The monoisotopic (exact) mass is 296 g/mol. The standard InChI is InChI=1S/C16H25ClN2O/c1-3-18(2)9-14-10-19(11-15(14)12-20)8-13-5-4-6-16(17)7-13/h4-7,14-15,20H,3,8-12H2,1-2H3/t14-,15-/m1/s1. The highest BCUT2D eigenvalue weighted by atomic mass is 35.5. The molecule has 3 nitrogen and oxygen atoms in total. The van der Waals surface area contributed by atoms with Crippen molar-refractivity contribution in [2.24, 2.45) is 11.8 Å². The summed E-state index contributed by atoms with van der Waals surface area (Å²) >= 11 is 6.04. The molecule has 0 aromatic heterocycles. The molecule has 4 heteroatoms. The summed E-state index contributed by atoms with van der Waals surface area (Å²) in [5.74, 6) is 0.951. The molecule has 1 saturated heterocycles. The van der Waals surface area contributed by atoms with Gasteiger partial charge in [-0.3, -0.25) is 4.90 Å². The third kappa shape index (κ3) is 4.19. The first kappa shape index (κ1) is 15.8. The second-order valence-corrected chi connectivity index (χ2v) is 6.32. The van der Waals surface area contributed by atoms with E-state index in [2.05, 4.69) is 29.8 Å². The topological polar surface area (TPSA) is 26.7 Å². The van der Waals surface area contributed by atoms with Crippen LogP contribution in [0.5, 0.6) is 0 Å². The molecule has 1 aromatic carbocycles. The van der Waals surface area contributed by atoms with Crippen molar-refractivity contribution in [3.05, 3.63) is 34.9 Å². The summed E-state index contributed by atoms with van der Waals surface area (Å²) in [6.07, 6.45) is 0. The summed E-state index contributed by atoms with van der Waals surface area (Å²) < 4.78 is 0.